The van der Waals surface area contributed by atoms with Gasteiger partial charge < -0.3 is 14.6 Å². The Hall–Kier alpha value is -3.08. The van der Waals surface area contributed by atoms with Gasteiger partial charge in [0.1, 0.15) is 17.1 Å². The van der Waals surface area contributed by atoms with Gasteiger partial charge >= 0.3 is 5.97 Å². The Balaban J connectivity index is 2.46. The Bertz CT molecular complexity index is 939. The fourth-order valence-electron chi connectivity index (χ4n) is 2.40. The zero-order valence-electron chi connectivity index (χ0n) is 11.7. The van der Waals surface area contributed by atoms with E-state index in [2.05, 4.69) is 0 Å². The van der Waals surface area contributed by atoms with E-state index < -0.39 is 5.97 Å². The summed E-state index contributed by atoms with van der Waals surface area (Å²) in [5, 5.41) is 18.9. The van der Waals surface area contributed by atoms with Gasteiger partial charge in [-0.25, -0.2) is 4.79 Å². The SMILES string of the molecule is Cc1c(-c2ccccc2)oc2c(C(=O)O)cc(O)cc2c1=O. The van der Waals surface area contributed by atoms with Gasteiger partial charge in [-0.3, -0.25) is 4.79 Å². The molecule has 0 aliphatic carbocycles. The van der Waals surface area contributed by atoms with Crippen molar-refractivity contribution < 1.29 is 19.4 Å². The van der Waals surface area contributed by atoms with Gasteiger partial charge in [0.05, 0.1) is 5.39 Å². The van der Waals surface area contributed by atoms with E-state index in [1.807, 2.05) is 6.07 Å². The first-order valence-electron chi connectivity index (χ1n) is 6.58. The number of benzene rings is 2. The van der Waals surface area contributed by atoms with Crippen molar-refractivity contribution in [3.8, 4) is 17.1 Å². The predicted octanol–water partition coefficient (Wildman–Crippen LogP) is 3.17. The minimum Gasteiger partial charge on any atom is -0.508 e. The molecule has 1 aromatic heterocycles. The largest absolute Gasteiger partial charge is 0.508 e. The highest BCUT2D eigenvalue weighted by atomic mass is 16.4. The maximum absolute atomic E-state index is 12.5. The molecular formula is C17H12O5. The maximum Gasteiger partial charge on any atom is 0.339 e. The molecule has 0 amide bonds. The van der Waals surface area contributed by atoms with E-state index in [1.165, 1.54) is 6.07 Å². The standard InChI is InChI=1S/C17H12O5/c1-9-14(19)12-7-11(18)8-13(17(20)21)16(12)22-15(9)10-5-3-2-4-6-10/h2-8,18H,1H3,(H,20,21). The fourth-order valence-corrected chi connectivity index (χ4v) is 2.40. The molecule has 0 atom stereocenters. The van der Waals surface area contributed by atoms with Crippen LogP contribution in [0.25, 0.3) is 22.3 Å². The lowest BCUT2D eigenvalue weighted by Crippen LogP contribution is -2.09. The number of phenolic OH excluding ortho intramolecular Hbond substituents is 1. The average molecular weight is 296 g/mol. The molecule has 0 radical (unpaired) electrons. The van der Waals surface area contributed by atoms with Crippen molar-refractivity contribution in [3.63, 3.8) is 0 Å². The molecule has 22 heavy (non-hydrogen) atoms. The van der Waals surface area contributed by atoms with Gasteiger partial charge in [0.25, 0.3) is 0 Å². The van der Waals surface area contributed by atoms with Crippen LogP contribution in [0.15, 0.2) is 51.7 Å². The Morgan fingerprint density at radius 3 is 2.45 bits per heavy atom. The molecule has 5 nitrogen and oxygen atoms in total. The summed E-state index contributed by atoms with van der Waals surface area (Å²) in [7, 11) is 0. The summed E-state index contributed by atoms with van der Waals surface area (Å²) in [6.45, 7) is 1.61. The highest BCUT2D eigenvalue weighted by molar-refractivity contribution is 6.02. The van der Waals surface area contributed by atoms with Gasteiger partial charge in [-0.15, -0.1) is 0 Å². The maximum atomic E-state index is 12.5. The van der Waals surface area contributed by atoms with Crippen molar-refractivity contribution in [2.75, 3.05) is 0 Å². The molecule has 0 unspecified atom stereocenters. The Morgan fingerprint density at radius 1 is 1.14 bits per heavy atom. The van der Waals surface area contributed by atoms with Crippen LogP contribution in [0.2, 0.25) is 0 Å². The summed E-state index contributed by atoms with van der Waals surface area (Å²) in [5.74, 6) is -1.23. The summed E-state index contributed by atoms with van der Waals surface area (Å²) in [6.07, 6.45) is 0. The van der Waals surface area contributed by atoms with E-state index in [0.717, 1.165) is 6.07 Å². The Kier molecular flexibility index (Phi) is 3.18. The molecule has 3 aromatic rings. The van der Waals surface area contributed by atoms with E-state index >= 15 is 0 Å². The van der Waals surface area contributed by atoms with Crippen LogP contribution in [0.1, 0.15) is 15.9 Å². The molecule has 110 valence electrons. The Labute approximate surface area is 125 Å². The number of aromatic carboxylic acids is 1. The van der Waals surface area contributed by atoms with Crippen LogP contribution in [0.3, 0.4) is 0 Å². The second-order valence-corrected chi connectivity index (χ2v) is 4.93. The molecule has 0 saturated carbocycles. The summed E-state index contributed by atoms with van der Waals surface area (Å²) in [4.78, 5) is 23.8. The summed E-state index contributed by atoms with van der Waals surface area (Å²) in [5.41, 5.74) is 0.395. The van der Waals surface area contributed by atoms with Crippen LogP contribution in [0.4, 0.5) is 0 Å². The molecule has 0 aliphatic heterocycles. The molecule has 0 spiro atoms. The number of hydrogen-bond acceptors (Lipinski definition) is 4. The highest BCUT2D eigenvalue weighted by Gasteiger charge is 2.19. The van der Waals surface area contributed by atoms with Crippen LogP contribution < -0.4 is 5.43 Å². The second-order valence-electron chi connectivity index (χ2n) is 4.93. The van der Waals surface area contributed by atoms with E-state index in [9.17, 15) is 19.8 Å². The van der Waals surface area contributed by atoms with Crippen LogP contribution in [-0.4, -0.2) is 16.2 Å². The van der Waals surface area contributed by atoms with Crippen LogP contribution in [0.5, 0.6) is 5.75 Å². The zero-order valence-corrected chi connectivity index (χ0v) is 11.7. The smallest absolute Gasteiger partial charge is 0.339 e. The minimum absolute atomic E-state index is 0.0419. The first kappa shape index (κ1) is 13.9. The summed E-state index contributed by atoms with van der Waals surface area (Å²) in [6, 6.07) is 11.3. The Morgan fingerprint density at radius 2 is 1.82 bits per heavy atom. The highest BCUT2D eigenvalue weighted by Crippen LogP contribution is 2.29. The molecule has 0 fully saturated rings. The molecule has 1 heterocycles. The van der Waals surface area contributed by atoms with E-state index in [1.54, 1.807) is 31.2 Å². The lowest BCUT2D eigenvalue weighted by atomic mass is 10.0. The van der Waals surface area contributed by atoms with Crippen molar-refractivity contribution in [2.45, 2.75) is 6.92 Å². The van der Waals surface area contributed by atoms with Gasteiger partial charge in [-0.05, 0) is 19.1 Å². The number of carboxylic acids is 1. The molecular weight excluding hydrogens is 284 g/mol. The number of fused-ring (bicyclic) bond motifs is 1. The third kappa shape index (κ3) is 2.13. The van der Waals surface area contributed by atoms with Gasteiger partial charge in [0, 0.05) is 11.1 Å². The van der Waals surface area contributed by atoms with Gasteiger partial charge in [-0.1, -0.05) is 30.3 Å². The summed E-state index contributed by atoms with van der Waals surface area (Å²) < 4.78 is 5.71. The van der Waals surface area contributed by atoms with Gasteiger partial charge in [-0.2, -0.15) is 0 Å². The number of carboxylic acid groups (broad SMARTS) is 1. The first-order chi connectivity index (χ1) is 10.5. The van der Waals surface area contributed by atoms with E-state index in [-0.39, 0.29) is 27.7 Å². The minimum atomic E-state index is -1.27. The number of phenols is 1. The molecule has 0 saturated heterocycles. The molecule has 3 rings (SSSR count). The van der Waals surface area contributed by atoms with Crippen molar-refractivity contribution in [1.29, 1.82) is 0 Å². The second kappa shape index (κ2) is 5.04. The van der Waals surface area contributed by atoms with Crippen LogP contribution in [0, 0.1) is 6.92 Å². The van der Waals surface area contributed by atoms with Crippen LogP contribution >= 0.6 is 0 Å². The molecule has 2 N–H and O–H groups in total. The van der Waals surface area contributed by atoms with Crippen molar-refractivity contribution in [1.82, 2.24) is 0 Å². The van der Waals surface area contributed by atoms with Gasteiger partial charge in [0.2, 0.25) is 0 Å². The van der Waals surface area contributed by atoms with Crippen molar-refractivity contribution >= 4 is 16.9 Å². The monoisotopic (exact) mass is 296 g/mol. The normalized spacial score (nSPS) is 10.8. The molecule has 0 aliphatic rings. The number of aromatic hydroxyl groups is 1. The number of rotatable bonds is 2. The topological polar surface area (TPSA) is 87.7 Å². The average Bonchev–Trinajstić information content (AvgIpc) is 2.51. The zero-order chi connectivity index (χ0) is 15.9. The van der Waals surface area contributed by atoms with E-state index in [0.29, 0.717) is 16.9 Å². The predicted molar refractivity (Wildman–Crippen MR) is 81.3 cm³/mol. The molecule has 2 aromatic carbocycles. The summed E-state index contributed by atoms with van der Waals surface area (Å²) >= 11 is 0. The lowest BCUT2D eigenvalue weighted by Gasteiger charge is -2.09. The fraction of sp³-hybridized carbons (Fsp3) is 0.0588. The quantitative estimate of drug-likeness (QED) is 0.758. The van der Waals surface area contributed by atoms with Crippen LogP contribution in [-0.2, 0) is 0 Å². The lowest BCUT2D eigenvalue weighted by molar-refractivity contribution is 0.0697. The van der Waals surface area contributed by atoms with Crippen molar-refractivity contribution in [3.05, 3.63) is 63.8 Å². The third-order valence-corrected chi connectivity index (χ3v) is 3.47. The number of carbonyl (C=O) groups is 1. The molecule has 0 bridgehead atoms. The van der Waals surface area contributed by atoms with Crippen molar-refractivity contribution in [2.24, 2.45) is 0 Å². The van der Waals surface area contributed by atoms with Gasteiger partial charge in [0.15, 0.2) is 11.0 Å². The number of hydrogen-bond donors (Lipinski definition) is 2. The van der Waals surface area contributed by atoms with E-state index in [4.69, 9.17) is 4.42 Å². The third-order valence-electron chi connectivity index (χ3n) is 3.47. The molecule has 5 heteroatoms. The first-order valence-corrected chi connectivity index (χ1v) is 6.58.